The van der Waals surface area contributed by atoms with Gasteiger partial charge in [-0.15, -0.1) is 0 Å². The zero-order chi connectivity index (χ0) is 19.5. The Hall–Kier alpha value is -2.73. The van der Waals surface area contributed by atoms with Crippen LogP contribution in [-0.4, -0.2) is 55.3 Å². The van der Waals surface area contributed by atoms with Gasteiger partial charge in [0.15, 0.2) is 0 Å². The summed E-state index contributed by atoms with van der Waals surface area (Å²) in [7, 11) is 0. The van der Waals surface area contributed by atoms with E-state index in [2.05, 4.69) is 5.32 Å². The van der Waals surface area contributed by atoms with Gasteiger partial charge in [-0.3, -0.25) is 19.3 Å². The second kappa shape index (κ2) is 8.10. The van der Waals surface area contributed by atoms with E-state index in [0.717, 1.165) is 17.3 Å². The van der Waals surface area contributed by atoms with E-state index in [0.29, 0.717) is 30.5 Å². The van der Waals surface area contributed by atoms with Crippen LogP contribution in [0, 0.1) is 0 Å². The van der Waals surface area contributed by atoms with Gasteiger partial charge >= 0.3 is 0 Å². The number of hydrogen-bond acceptors (Lipinski definition) is 3. The van der Waals surface area contributed by atoms with Crippen molar-refractivity contribution in [1.29, 1.82) is 0 Å². The lowest BCUT2D eigenvalue weighted by Gasteiger charge is -2.27. The van der Waals surface area contributed by atoms with Crippen molar-refractivity contribution in [1.82, 2.24) is 10.2 Å². The van der Waals surface area contributed by atoms with Crippen LogP contribution in [0.15, 0.2) is 36.4 Å². The van der Waals surface area contributed by atoms with Crippen LogP contribution < -0.4 is 10.2 Å². The topological polar surface area (TPSA) is 70.9 Å². The van der Waals surface area contributed by atoms with Crippen molar-refractivity contribution in [2.24, 2.45) is 0 Å². The maximum absolute atomic E-state index is 12.8. The fourth-order valence-electron chi connectivity index (χ4n) is 4.27. The van der Waals surface area contributed by atoms with Gasteiger partial charge in [0.25, 0.3) is 11.8 Å². The average molecular weight is 380 g/mol. The fraction of sp³-hybridized carbons (Fsp3) is 0.409. The molecule has 0 spiro atoms. The van der Waals surface area contributed by atoms with Crippen molar-refractivity contribution in [3.05, 3.63) is 47.5 Å². The molecule has 2 aliphatic heterocycles. The molecular weight excluding hydrogens is 354 g/mol. The highest BCUT2D eigenvalue weighted by atomic mass is 16.2. The van der Waals surface area contributed by atoms with Gasteiger partial charge in [-0.25, -0.2) is 0 Å². The molecule has 6 heteroatoms. The summed E-state index contributed by atoms with van der Waals surface area (Å²) in [5, 5.41) is 4.59. The SMILES string of the molecule is O=C(CCCN1C(=O)c2cccc3cccc(c23)C1=O)NCC[NH+]1CCCC1. The molecule has 2 aromatic carbocycles. The van der Waals surface area contributed by atoms with Crippen LogP contribution in [-0.2, 0) is 4.79 Å². The molecule has 3 amide bonds. The lowest BCUT2D eigenvalue weighted by Crippen LogP contribution is -3.10. The number of nitrogens with zero attached hydrogens (tertiary/aromatic N) is 1. The summed E-state index contributed by atoms with van der Waals surface area (Å²) < 4.78 is 0. The van der Waals surface area contributed by atoms with E-state index >= 15 is 0 Å². The van der Waals surface area contributed by atoms with Crippen molar-refractivity contribution in [2.45, 2.75) is 25.7 Å². The smallest absolute Gasteiger partial charge is 0.261 e. The van der Waals surface area contributed by atoms with Crippen LogP contribution in [0.4, 0.5) is 0 Å². The first-order chi connectivity index (χ1) is 13.6. The van der Waals surface area contributed by atoms with Crippen LogP contribution in [0.25, 0.3) is 10.8 Å². The molecule has 0 aliphatic carbocycles. The fourth-order valence-corrected chi connectivity index (χ4v) is 4.27. The number of imide groups is 1. The Kier molecular flexibility index (Phi) is 5.39. The van der Waals surface area contributed by atoms with Gasteiger partial charge in [-0.2, -0.15) is 0 Å². The predicted octanol–water partition coefficient (Wildman–Crippen LogP) is 1.01. The molecule has 146 valence electrons. The van der Waals surface area contributed by atoms with Crippen LogP contribution in [0.1, 0.15) is 46.4 Å². The minimum absolute atomic E-state index is 0.0157. The zero-order valence-corrected chi connectivity index (χ0v) is 16.0. The summed E-state index contributed by atoms with van der Waals surface area (Å²) >= 11 is 0. The molecule has 0 aromatic heterocycles. The first-order valence-electron chi connectivity index (χ1n) is 10.1. The third-order valence-corrected chi connectivity index (χ3v) is 5.75. The second-order valence-corrected chi connectivity index (χ2v) is 7.63. The summed E-state index contributed by atoms with van der Waals surface area (Å²) in [6.07, 6.45) is 3.34. The summed E-state index contributed by atoms with van der Waals surface area (Å²) in [6, 6.07) is 11.0. The Morgan fingerprint density at radius 3 is 2.29 bits per heavy atom. The van der Waals surface area contributed by atoms with Crippen molar-refractivity contribution in [3.63, 3.8) is 0 Å². The standard InChI is InChI=1S/C22H25N3O3/c26-19(23-11-15-24-12-1-2-13-24)10-5-14-25-21(27)17-8-3-6-16-7-4-9-18(20(16)17)22(25)28/h3-4,6-9H,1-2,5,10-15H2,(H,23,26)/p+1. The van der Waals surface area contributed by atoms with Crippen LogP contribution in [0.3, 0.4) is 0 Å². The lowest BCUT2D eigenvalue weighted by atomic mass is 9.94. The third kappa shape index (κ3) is 3.64. The number of amides is 3. The number of carbonyl (C=O) groups is 3. The zero-order valence-electron chi connectivity index (χ0n) is 16.0. The summed E-state index contributed by atoms with van der Waals surface area (Å²) in [5.74, 6) is -0.558. The monoisotopic (exact) mass is 380 g/mol. The van der Waals surface area contributed by atoms with Gasteiger partial charge in [0.05, 0.1) is 26.2 Å². The van der Waals surface area contributed by atoms with Crippen molar-refractivity contribution < 1.29 is 19.3 Å². The summed E-state index contributed by atoms with van der Waals surface area (Å²) in [4.78, 5) is 40.5. The molecule has 1 saturated heterocycles. The Balaban J connectivity index is 1.32. The summed E-state index contributed by atoms with van der Waals surface area (Å²) in [5.41, 5.74) is 1.12. The van der Waals surface area contributed by atoms with Crippen molar-refractivity contribution in [2.75, 3.05) is 32.7 Å². The number of carbonyl (C=O) groups excluding carboxylic acids is 3. The lowest BCUT2D eigenvalue weighted by molar-refractivity contribution is -0.886. The van der Waals surface area contributed by atoms with E-state index in [9.17, 15) is 14.4 Å². The van der Waals surface area contributed by atoms with Gasteiger partial charge in [0, 0.05) is 42.3 Å². The largest absolute Gasteiger partial charge is 0.350 e. The van der Waals surface area contributed by atoms with E-state index in [4.69, 9.17) is 0 Å². The molecule has 0 radical (unpaired) electrons. The number of benzene rings is 2. The van der Waals surface area contributed by atoms with E-state index in [1.165, 1.54) is 30.8 Å². The predicted molar refractivity (Wildman–Crippen MR) is 106 cm³/mol. The van der Waals surface area contributed by atoms with Crippen molar-refractivity contribution in [3.8, 4) is 0 Å². The minimum Gasteiger partial charge on any atom is -0.350 e. The summed E-state index contributed by atoms with van der Waals surface area (Å²) in [6.45, 7) is 4.31. The van der Waals surface area contributed by atoms with Gasteiger partial charge in [0.1, 0.15) is 0 Å². The molecule has 28 heavy (non-hydrogen) atoms. The Bertz CT molecular complexity index is 868. The Labute approximate surface area is 164 Å². The molecule has 2 aliphatic rings. The Morgan fingerprint density at radius 2 is 1.64 bits per heavy atom. The molecule has 4 rings (SSSR count). The highest BCUT2D eigenvalue weighted by Crippen LogP contribution is 2.29. The van der Waals surface area contributed by atoms with Crippen LogP contribution in [0.2, 0.25) is 0 Å². The third-order valence-electron chi connectivity index (χ3n) is 5.75. The van der Waals surface area contributed by atoms with Crippen molar-refractivity contribution >= 4 is 28.5 Å². The molecule has 0 saturated carbocycles. The number of rotatable bonds is 7. The maximum Gasteiger partial charge on any atom is 0.261 e. The van der Waals surface area contributed by atoms with E-state index in [-0.39, 0.29) is 24.3 Å². The highest BCUT2D eigenvalue weighted by Gasteiger charge is 2.32. The van der Waals surface area contributed by atoms with Crippen LogP contribution in [0.5, 0.6) is 0 Å². The molecule has 0 bridgehead atoms. The molecule has 0 atom stereocenters. The number of nitrogens with one attached hydrogen (secondary N) is 2. The first kappa shape index (κ1) is 18.6. The molecule has 0 unspecified atom stereocenters. The van der Waals surface area contributed by atoms with E-state index in [1.807, 2.05) is 24.3 Å². The van der Waals surface area contributed by atoms with Gasteiger partial charge in [0.2, 0.25) is 5.91 Å². The number of hydrogen-bond donors (Lipinski definition) is 2. The number of likely N-dealkylation sites (tertiary alicyclic amines) is 1. The van der Waals surface area contributed by atoms with Crippen LogP contribution >= 0.6 is 0 Å². The molecular formula is C22H26N3O3+. The number of quaternary nitrogens is 1. The van der Waals surface area contributed by atoms with E-state index < -0.39 is 0 Å². The maximum atomic E-state index is 12.8. The highest BCUT2D eigenvalue weighted by molar-refractivity contribution is 6.25. The van der Waals surface area contributed by atoms with Gasteiger partial charge < -0.3 is 10.2 Å². The normalized spacial score (nSPS) is 16.8. The van der Waals surface area contributed by atoms with Gasteiger partial charge in [-0.05, 0) is 23.9 Å². The van der Waals surface area contributed by atoms with E-state index in [1.54, 1.807) is 17.0 Å². The quantitative estimate of drug-likeness (QED) is 0.705. The molecule has 2 aromatic rings. The first-order valence-corrected chi connectivity index (χ1v) is 10.1. The minimum atomic E-state index is -0.271. The van der Waals surface area contributed by atoms with Gasteiger partial charge in [-0.1, -0.05) is 24.3 Å². The average Bonchev–Trinajstić information content (AvgIpc) is 3.22. The molecule has 6 nitrogen and oxygen atoms in total. The Morgan fingerprint density at radius 1 is 1.00 bits per heavy atom. The molecule has 2 N–H and O–H groups in total. The molecule has 2 heterocycles. The molecule has 1 fully saturated rings. The second-order valence-electron chi connectivity index (χ2n) is 7.63.